The predicted molar refractivity (Wildman–Crippen MR) is 17.3 cm³/mol. The van der Waals surface area contributed by atoms with Crippen LogP contribution in [0.25, 0.3) is 0 Å². The molecule has 0 aromatic carbocycles. The molecule has 0 unspecified atom stereocenters. The molecule has 6 heavy (non-hydrogen) atoms. The fourth-order valence-corrected chi connectivity index (χ4v) is 1.18. The number of epoxide rings is 2. The molecular formula is C4H4O2. The average Bonchev–Trinajstić information content (AvgIpc) is 2.04. The van der Waals surface area contributed by atoms with E-state index in [1.807, 2.05) is 0 Å². The first kappa shape index (κ1) is 2.28. The third-order valence-corrected chi connectivity index (χ3v) is 1.77. The van der Waals surface area contributed by atoms with Gasteiger partial charge in [0, 0.05) is 0 Å². The van der Waals surface area contributed by atoms with Crippen LogP contribution in [0.4, 0.5) is 0 Å². The number of hydrogen-bond acceptors (Lipinski definition) is 2. The zero-order valence-corrected chi connectivity index (χ0v) is 3.13. The fourth-order valence-electron chi connectivity index (χ4n) is 1.18. The number of rotatable bonds is 0. The largest absolute Gasteiger partial charge is 0.364 e. The van der Waals surface area contributed by atoms with E-state index in [4.69, 9.17) is 9.47 Å². The summed E-state index contributed by atoms with van der Waals surface area (Å²) in [5.74, 6) is 0. The Morgan fingerprint density at radius 2 is 1.00 bits per heavy atom. The van der Waals surface area contributed by atoms with Gasteiger partial charge in [-0.25, -0.2) is 0 Å². The van der Waals surface area contributed by atoms with Crippen LogP contribution in [0.1, 0.15) is 0 Å². The number of hydrogen-bond donors (Lipinski definition) is 0. The topological polar surface area (TPSA) is 25.1 Å². The van der Waals surface area contributed by atoms with Crippen LogP contribution in [0.2, 0.25) is 0 Å². The second kappa shape index (κ2) is 0.390. The summed E-state index contributed by atoms with van der Waals surface area (Å²) in [6.07, 6.45) is 2.20. The SMILES string of the molecule is O1C2C1C1OC21. The van der Waals surface area contributed by atoms with Crippen molar-refractivity contribution < 1.29 is 9.47 Å². The van der Waals surface area contributed by atoms with Crippen LogP contribution in [-0.4, -0.2) is 24.4 Å². The minimum atomic E-state index is 0.551. The molecule has 2 heterocycles. The van der Waals surface area contributed by atoms with Crippen LogP contribution >= 0.6 is 0 Å². The van der Waals surface area contributed by atoms with Gasteiger partial charge in [-0.15, -0.1) is 0 Å². The summed E-state index contributed by atoms with van der Waals surface area (Å²) in [5, 5.41) is 0. The highest BCUT2D eigenvalue weighted by molar-refractivity contribution is 5.22. The molecule has 3 aliphatic rings. The predicted octanol–water partition coefficient (Wildman–Crippen LogP) is -0.465. The first-order valence-corrected chi connectivity index (χ1v) is 2.28. The Balaban J connectivity index is 2.15. The van der Waals surface area contributed by atoms with Crippen LogP contribution < -0.4 is 0 Å². The lowest BCUT2D eigenvalue weighted by Gasteiger charge is -1.88. The molecule has 3 fully saturated rings. The monoisotopic (exact) mass is 84.0 g/mol. The molecule has 1 aliphatic carbocycles. The summed E-state index contributed by atoms with van der Waals surface area (Å²) < 4.78 is 10.1. The minimum Gasteiger partial charge on any atom is -0.364 e. The Bertz CT molecular complexity index is 78.1. The van der Waals surface area contributed by atoms with Crippen LogP contribution in [-0.2, 0) is 9.47 Å². The normalized spacial score (nSPS) is 80.0. The molecule has 1 saturated carbocycles. The van der Waals surface area contributed by atoms with Gasteiger partial charge >= 0.3 is 0 Å². The molecule has 0 bridgehead atoms. The van der Waals surface area contributed by atoms with E-state index in [9.17, 15) is 0 Å². The molecule has 0 aromatic heterocycles. The lowest BCUT2D eigenvalue weighted by atomic mass is 10.0. The molecule has 32 valence electrons. The summed E-state index contributed by atoms with van der Waals surface area (Å²) in [6.45, 7) is 0. The summed E-state index contributed by atoms with van der Waals surface area (Å²) in [5.41, 5.74) is 0. The van der Waals surface area contributed by atoms with Crippen LogP contribution in [0.15, 0.2) is 0 Å². The van der Waals surface area contributed by atoms with E-state index < -0.39 is 0 Å². The highest BCUT2D eigenvalue weighted by Gasteiger charge is 2.76. The van der Waals surface area contributed by atoms with Crippen molar-refractivity contribution >= 4 is 0 Å². The Hall–Kier alpha value is -0.0800. The molecule has 2 nitrogen and oxygen atoms in total. The van der Waals surface area contributed by atoms with Gasteiger partial charge in [0.25, 0.3) is 0 Å². The zero-order chi connectivity index (χ0) is 3.72. The zero-order valence-electron chi connectivity index (χ0n) is 3.13. The van der Waals surface area contributed by atoms with Gasteiger partial charge in [-0.1, -0.05) is 0 Å². The van der Waals surface area contributed by atoms with E-state index in [1.54, 1.807) is 0 Å². The first-order chi connectivity index (χ1) is 2.97. The molecule has 0 radical (unpaired) electrons. The van der Waals surface area contributed by atoms with Gasteiger partial charge in [0.15, 0.2) is 0 Å². The van der Waals surface area contributed by atoms with E-state index in [2.05, 4.69) is 0 Å². The fraction of sp³-hybridized carbons (Fsp3) is 1.00. The second-order valence-electron chi connectivity index (χ2n) is 2.13. The quantitative estimate of drug-likeness (QED) is 0.371. The standard InChI is InChI=1S/C4H4O2/c5-1-2(5)4-3(1)6-4/h1-4H. The molecule has 2 saturated heterocycles. The summed E-state index contributed by atoms with van der Waals surface area (Å²) in [4.78, 5) is 0. The van der Waals surface area contributed by atoms with Gasteiger partial charge < -0.3 is 9.47 Å². The average molecular weight is 84.1 g/mol. The smallest absolute Gasteiger partial charge is 0.116 e. The maximum atomic E-state index is 5.06. The Morgan fingerprint density at radius 1 is 0.667 bits per heavy atom. The van der Waals surface area contributed by atoms with E-state index in [0.29, 0.717) is 24.4 Å². The molecule has 0 amide bonds. The van der Waals surface area contributed by atoms with Crippen molar-refractivity contribution in [3.8, 4) is 0 Å². The third kappa shape index (κ3) is 0.0842. The minimum absolute atomic E-state index is 0.551. The van der Waals surface area contributed by atoms with Gasteiger partial charge in [-0.3, -0.25) is 0 Å². The van der Waals surface area contributed by atoms with E-state index in [0.717, 1.165) is 0 Å². The molecule has 2 heteroatoms. The summed E-state index contributed by atoms with van der Waals surface area (Å²) >= 11 is 0. The lowest BCUT2D eigenvalue weighted by Crippen LogP contribution is -2.20. The Labute approximate surface area is 35.0 Å². The van der Waals surface area contributed by atoms with E-state index in [1.165, 1.54) is 0 Å². The van der Waals surface area contributed by atoms with Crippen molar-refractivity contribution in [3.05, 3.63) is 0 Å². The van der Waals surface area contributed by atoms with E-state index in [-0.39, 0.29) is 0 Å². The summed E-state index contributed by atoms with van der Waals surface area (Å²) in [6, 6.07) is 0. The van der Waals surface area contributed by atoms with Crippen molar-refractivity contribution in [1.29, 1.82) is 0 Å². The third-order valence-electron chi connectivity index (χ3n) is 1.77. The molecule has 0 spiro atoms. The Kier molecular flexibility index (Phi) is 0.149. The van der Waals surface area contributed by atoms with Crippen molar-refractivity contribution in [2.75, 3.05) is 0 Å². The van der Waals surface area contributed by atoms with Crippen LogP contribution in [0, 0.1) is 0 Å². The maximum Gasteiger partial charge on any atom is 0.116 e. The lowest BCUT2D eigenvalue weighted by molar-refractivity contribution is 0.272. The Morgan fingerprint density at radius 3 is 1.17 bits per heavy atom. The number of ether oxygens (including phenoxy) is 2. The highest BCUT2D eigenvalue weighted by atomic mass is 16.7. The van der Waals surface area contributed by atoms with Crippen molar-refractivity contribution in [3.63, 3.8) is 0 Å². The van der Waals surface area contributed by atoms with Gasteiger partial charge in [-0.05, 0) is 0 Å². The van der Waals surface area contributed by atoms with Gasteiger partial charge in [-0.2, -0.15) is 0 Å². The van der Waals surface area contributed by atoms with Crippen molar-refractivity contribution in [2.24, 2.45) is 0 Å². The van der Waals surface area contributed by atoms with Crippen LogP contribution in [0.5, 0.6) is 0 Å². The summed E-state index contributed by atoms with van der Waals surface area (Å²) in [7, 11) is 0. The molecule has 0 aromatic rings. The molecule has 0 N–H and O–H groups in total. The van der Waals surface area contributed by atoms with Gasteiger partial charge in [0.1, 0.15) is 24.4 Å². The number of fused-ring (bicyclic) bond motifs is 4. The van der Waals surface area contributed by atoms with E-state index >= 15 is 0 Å². The first-order valence-electron chi connectivity index (χ1n) is 2.28. The van der Waals surface area contributed by atoms with Gasteiger partial charge in [0.2, 0.25) is 0 Å². The second-order valence-corrected chi connectivity index (χ2v) is 2.13. The maximum absolute atomic E-state index is 5.06. The van der Waals surface area contributed by atoms with Crippen molar-refractivity contribution in [1.82, 2.24) is 0 Å². The molecule has 3 rings (SSSR count). The highest BCUT2D eigenvalue weighted by Crippen LogP contribution is 2.56. The van der Waals surface area contributed by atoms with Crippen LogP contribution in [0.3, 0.4) is 0 Å². The molecule has 2 aliphatic heterocycles. The molecule has 0 atom stereocenters. The van der Waals surface area contributed by atoms with Gasteiger partial charge in [0.05, 0.1) is 0 Å². The van der Waals surface area contributed by atoms with Crippen molar-refractivity contribution in [2.45, 2.75) is 24.4 Å². The molecular weight excluding hydrogens is 80.0 g/mol.